The molecular formula is C19H27N3O3S. The van der Waals surface area contributed by atoms with E-state index in [1.54, 1.807) is 28.6 Å². The lowest BCUT2D eigenvalue weighted by Gasteiger charge is -2.17. The Balaban J connectivity index is 1.72. The Labute approximate surface area is 155 Å². The van der Waals surface area contributed by atoms with Crippen LogP contribution in [0.4, 0.5) is 0 Å². The van der Waals surface area contributed by atoms with Crippen LogP contribution in [0.3, 0.4) is 0 Å². The first-order valence-electron chi connectivity index (χ1n) is 9.11. The lowest BCUT2D eigenvalue weighted by molar-refractivity contribution is 0.412. The molecule has 3 rings (SSSR count). The van der Waals surface area contributed by atoms with Crippen molar-refractivity contribution in [2.75, 3.05) is 20.2 Å². The summed E-state index contributed by atoms with van der Waals surface area (Å²) in [5.74, 6) is 1.92. The van der Waals surface area contributed by atoms with E-state index in [2.05, 4.69) is 23.4 Å². The van der Waals surface area contributed by atoms with E-state index in [0.29, 0.717) is 29.7 Å². The largest absolute Gasteiger partial charge is 0.497 e. The minimum Gasteiger partial charge on any atom is -0.497 e. The first-order valence-corrected chi connectivity index (χ1v) is 10.5. The number of ether oxygens (including phenoxy) is 1. The molecule has 0 spiro atoms. The quantitative estimate of drug-likeness (QED) is 0.744. The molecule has 0 aliphatic carbocycles. The summed E-state index contributed by atoms with van der Waals surface area (Å²) < 4.78 is 34.8. The maximum atomic E-state index is 12.9. The van der Waals surface area contributed by atoms with Gasteiger partial charge in [0.05, 0.1) is 12.0 Å². The van der Waals surface area contributed by atoms with Crippen LogP contribution in [0.1, 0.15) is 31.3 Å². The third kappa shape index (κ3) is 3.78. The Morgan fingerprint density at radius 1 is 1.35 bits per heavy atom. The molecule has 0 bridgehead atoms. The van der Waals surface area contributed by atoms with Crippen molar-refractivity contribution in [3.63, 3.8) is 0 Å². The van der Waals surface area contributed by atoms with Crippen LogP contribution in [-0.4, -0.2) is 42.5 Å². The van der Waals surface area contributed by atoms with Crippen LogP contribution < -0.4 is 4.74 Å². The minimum absolute atomic E-state index is 0.292. The molecule has 0 saturated carbocycles. The molecule has 0 N–H and O–H groups in total. The van der Waals surface area contributed by atoms with Crippen LogP contribution >= 0.6 is 0 Å². The number of methoxy groups -OCH3 is 1. The highest BCUT2D eigenvalue weighted by molar-refractivity contribution is 7.89. The van der Waals surface area contributed by atoms with Gasteiger partial charge in [0.1, 0.15) is 11.6 Å². The first-order chi connectivity index (χ1) is 12.5. The molecule has 26 heavy (non-hydrogen) atoms. The van der Waals surface area contributed by atoms with Crippen molar-refractivity contribution in [1.82, 2.24) is 13.9 Å². The zero-order valence-electron chi connectivity index (χ0n) is 15.7. The first kappa shape index (κ1) is 18.9. The Bertz CT molecular complexity index is 861. The summed E-state index contributed by atoms with van der Waals surface area (Å²) in [4.78, 5) is 4.84. The fourth-order valence-corrected chi connectivity index (χ4v) is 5.12. The standard InChI is InChI=1S/C19H27N3O3S/c1-4-9-22-15(2)13-20-19(22)11-16-8-10-21(14-16)26(23,24)18-7-5-6-17(12-18)25-3/h5-7,12-13,16H,4,8-11,14H2,1-3H3. The van der Waals surface area contributed by atoms with Gasteiger partial charge in [-0.15, -0.1) is 0 Å². The highest BCUT2D eigenvalue weighted by atomic mass is 32.2. The van der Waals surface area contributed by atoms with Crippen LogP contribution in [0.2, 0.25) is 0 Å². The minimum atomic E-state index is -3.49. The van der Waals surface area contributed by atoms with Crippen molar-refractivity contribution in [3.8, 4) is 5.75 Å². The molecule has 1 aliphatic rings. The number of rotatable bonds is 7. The summed E-state index contributed by atoms with van der Waals surface area (Å²) in [5.41, 5.74) is 1.17. The number of sulfonamides is 1. The molecule has 0 radical (unpaired) electrons. The number of imidazole rings is 1. The average Bonchev–Trinajstić information content (AvgIpc) is 3.25. The van der Waals surface area contributed by atoms with Crippen LogP contribution in [0.5, 0.6) is 5.75 Å². The molecule has 7 heteroatoms. The molecule has 6 nitrogen and oxygen atoms in total. The van der Waals surface area contributed by atoms with Crippen molar-refractivity contribution in [1.29, 1.82) is 0 Å². The second-order valence-electron chi connectivity index (χ2n) is 6.87. The third-order valence-electron chi connectivity index (χ3n) is 4.98. The van der Waals surface area contributed by atoms with Gasteiger partial charge >= 0.3 is 0 Å². The van der Waals surface area contributed by atoms with Crippen LogP contribution in [0.15, 0.2) is 35.4 Å². The smallest absolute Gasteiger partial charge is 0.243 e. The van der Waals surface area contributed by atoms with Crippen LogP contribution in [-0.2, 0) is 23.0 Å². The fraction of sp³-hybridized carbons (Fsp3) is 0.526. The van der Waals surface area contributed by atoms with E-state index < -0.39 is 10.0 Å². The van der Waals surface area contributed by atoms with Gasteiger partial charge in [0.25, 0.3) is 0 Å². The molecule has 2 heterocycles. The van der Waals surface area contributed by atoms with Crippen molar-refractivity contribution in [2.24, 2.45) is 5.92 Å². The van der Waals surface area contributed by atoms with Gasteiger partial charge in [0.15, 0.2) is 0 Å². The van der Waals surface area contributed by atoms with Gasteiger partial charge in [-0.25, -0.2) is 13.4 Å². The molecule has 2 aromatic rings. The number of hydrogen-bond donors (Lipinski definition) is 0. The second kappa shape index (κ2) is 7.80. The maximum absolute atomic E-state index is 12.9. The average molecular weight is 378 g/mol. The molecule has 1 atom stereocenters. The monoisotopic (exact) mass is 377 g/mol. The Morgan fingerprint density at radius 2 is 2.15 bits per heavy atom. The fourth-order valence-electron chi connectivity index (χ4n) is 3.55. The maximum Gasteiger partial charge on any atom is 0.243 e. The molecular weight excluding hydrogens is 350 g/mol. The van der Waals surface area contributed by atoms with E-state index in [-0.39, 0.29) is 0 Å². The zero-order chi connectivity index (χ0) is 18.7. The summed E-state index contributed by atoms with van der Waals surface area (Å²) in [6.07, 6.45) is 4.65. The Hall–Kier alpha value is -1.86. The summed E-state index contributed by atoms with van der Waals surface area (Å²) in [5, 5.41) is 0. The lowest BCUT2D eigenvalue weighted by atomic mass is 10.0. The highest BCUT2D eigenvalue weighted by Crippen LogP contribution is 2.28. The number of aryl methyl sites for hydroxylation is 1. The van der Waals surface area contributed by atoms with Crippen LogP contribution in [0, 0.1) is 12.8 Å². The normalized spacial score (nSPS) is 18.3. The van der Waals surface area contributed by atoms with E-state index >= 15 is 0 Å². The Morgan fingerprint density at radius 3 is 2.88 bits per heavy atom. The molecule has 1 fully saturated rings. The zero-order valence-corrected chi connectivity index (χ0v) is 16.5. The van der Waals surface area contributed by atoms with Crippen molar-refractivity contribution in [2.45, 2.75) is 44.6 Å². The molecule has 1 aliphatic heterocycles. The van der Waals surface area contributed by atoms with Gasteiger partial charge in [-0.05, 0) is 37.8 Å². The van der Waals surface area contributed by atoms with Gasteiger partial charge < -0.3 is 9.30 Å². The molecule has 1 saturated heterocycles. The van der Waals surface area contributed by atoms with Gasteiger partial charge in [-0.1, -0.05) is 13.0 Å². The number of aromatic nitrogens is 2. The predicted octanol–water partition coefficient (Wildman–Crippen LogP) is 2.86. The number of nitrogens with zero attached hydrogens (tertiary/aromatic N) is 3. The third-order valence-corrected chi connectivity index (χ3v) is 6.84. The Kier molecular flexibility index (Phi) is 5.67. The van der Waals surface area contributed by atoms with E-state index in [0.717, 1.165) is 31.6 Å². The second-order valence-corrected chi connectivity index (χ2v) is 8.81. The van der Waals surface area contributed by atoms with E-state index in [4.69, 9.17) is 4.74 Å². The number of hydrogen-bond acceptors (Lipinski definition) is 4. The highest BCUT2D eigenvalue weighted by Gasteiger charge is 2.33. The molecule has 1 aromatic carbocycles. The van der Waals surface area contributed by atoms with E-state index in [9.17, 15) is 8.42 Å². The van der Waals surface area contributed by atoms with Gasteiger partial charge in [0, 0.05) is 44.0 Å². The predicted molar refractivity (Wildman–Crippen MR) is 101 cm³/mol. The van der Waals surface area contributed by atoms with Gasteiger partial charge in [-0.3, -0.25) is 0 Å². The summed E-state index contributed by atoms with van der Waals surface area (Å²) in [6, 6.07) is 6.67. The topological polar surface area (TPSA) is 64.4 Å². The molecule has 1 aromatic heterocycles. The SMILES string of the molecule is CCCn1c(C)cnc1CC1CCN(S(=O)(=O)c2cccc(OC)c2)C1. The molecule has 142 valence electrons. The van der Waals surface area contributed by atoms with Crippen LogP contribution in [0.25, 0.3) is 0 Å². The summed E-state index contributed by atoms with van der Waals surface area (Å²) in [7, 11) is -1.95. The lowest BCUT2D eigenvalue weighted by Crippen LogP contribution is -2.29. The van der Waals surface area contributed by atoms with Crippen molar-refractivity contribution in [3.05, 3.63) is 42.0 Å². The number of benzene rings is 1. The summed E-state index contributed by atoms with van der Waals surface area (Å²) >= 11 is 0. The molecule has 0 amide bonds. The van der Waals surface area contributed by atoms with E-state index in [1.807, 2.05) is 6.20 Å². The van der Waals surface area contributed by atoms with Gasteiger partial charge in [-0.2, -0.15) is 4.31 Å². The van der Waals surface area contributed by atoms with Crippen molar-refractivity contribution >= 4 is 10.0 Å². The van der Waals surface area contributed by atoms with Crippen molar-refractivity contribution < 1.29 is 13.2 Å². The summed E-state index contributed by atoms with van der Waals surface area (Å²) in [6.45, 7) is 6.27. The van der Waals surface area contributed by atoms with Gasteiger partial charge in [0.2, 0.25) is 10.0 Å². The van der Waals surface area contributed by atoms with E-state index in [1.165, 1.54) is 12.8 Å². The molecule has 1 unspecified atom stereocenters.